The van der Waals surface area contributed by atoms with Crippen LogP contribution in [0.3, 0.4) is 0 Å². The molecule has 1 rings (SSSR count). The van der Waals surface area contributed by atoms with Crippen LogP contribution in [0.5, 0.6) is 11.5 Å². The minimum atomic E-state index is -4.82. The van der Waals surface area contributed by atoms with E-state index in [9.17, 15) is 13.2 Å². The number of rotatable bonds is 1. The van der Waals surface area contributed by atoms with E-state index >= 15 is 0 Å². The number of anilines is 1. The molecule has 3 nitrogen and oxygen atoms in total. The zero-order chi connectivity index (χ0) is 10.9. The maximum Gasteiger partial charge on any atom is 0.573 e. The number of benzene rings is 1. The lowest BCUT2D eigenvalue weighted by Crippen LogP contribution is -2.17. The lowest BCUT2D eigenvalue weighted by molar-refractivity contribution is -0.274. The van der Waals surface area contributed by atoms with Gasteiger partial charge in [0.1, 0.15) is 11.5 Å². The normalized spacial score (nSPS) is 11.4. The van der Waals surface area contributed by atoms with Crippen molar-refractivity contribution in [3.05, 3.63) is 16.6 Å². The summed E-state index contributed by atoms with van der Waals surface area (Å²) in [7, 11) is 0. The molecule has 0 heterocycles. The topological polar surface area (TPSA) is 55.5 Å². The van der Waals surface area contributed by atoms with Crippen LogP contribution >= 0.6 is 15.9 Å². The molecule has 1 aromatic rings. The first-order chi connectivity index (χ1) is 6.29. The van der Waals surface area contributed by atoms with Crippen LogP contribution in [0.25, 0.3) is 0 Å². The summed E-state index contributed by atoms with van der Waals surface area (Å²) < 4.78 is 39.0. The molecule has 0 atom stereocenters. The Morgan fingerprint density at radius 3 is 2.43 bits per heavy atom. The third-order valence-electron chi connectivity index (χ3n) is 1.28. The first-order valence-corrected chi connectivity index (χ1v) is 4.12. The largest absolute Gasteiger partial charge is 0.573 e. The highest BCUT2D eigenvalue weighted by atomic mass is 79.9. The van der Waals surface area contributed by atoms with E-state index in [2.05, 4.69) is 20.7 Å². The van der Waals surface area contributed by atoms with Gasteiger partial charge in [-0.3, -0.25) is 0 Å². The van der Waals surface area contributed by atoms with Crippen molar-refractivity contribution < 1.29 is 23.0 Å². The molecule has 0 radical (unpaired) electrons. The lowest BCUT2D eigenvalue weighted by Gasteiger charge is -2.11. The summed E-state index contributed by atoms with van der Waals surface area (Å²) in [4.78, 5) is 0. The molecule has 0 aromatic heterocycles. The SMILES string of the molecule is Nc1cc(O)cc(OC(F)(F)F)c1Br. The van der Waals surface area contributed by atoms with Gasteiger partial charge in [-0.2, -0.15) is 0 Å². The Morgan fingerprint density at radius 2 is 1.93 bits per heavy atom. The molecule has 0 aliphatic carbocycles. The van der Waals surface area contributed by atoms with Gasteiger partial charge in [0.15, 0.2) is 0 Å². The van der Waals surface area contributed by atoms with Crippen molar-refractivity contribution >= 4 is 21.6 Å². The highest BCUT2D eigenvalue weighted by molar-refractivity contribution is 9.10. The molecule has 0 aliphatic rings. The summed E-state index contributed by atoms with van der Waals surface area (Å²) in [5.41, 5.74) is 5.25. The predicted octanol–water partition coefficient (Wildman–Crippen LogP) is 2.64. The van der Waals surface area contributed by atoms with Gasteiger partial charge in [-0.25, -0.2) is 0 Å². The van der Waals surface area contributed by atoms with Gasteiger partial charge in [-0.1, -0.05) is 0 Å². The van der Waals surface area contributed by atoms with Gasteiger partial charge in [0.25, 0.3) is 0 Å². The molecule has 0 saturated carbocycles. The number of alkyl halides is 3. The summed E-state index contributed by atoms with van der Waals surface area (Å²) in [5.74, 6) is -0.972. The standard InChI is InChI=1S/C7H5BrF3NO2/c8-6-4(12)1-3(13)2-5(6)14-7(9,10)11/h1-2,13H,12H2. The smallest absolute Gasteiger partial charge is 0.508 e. The number of ether oxygens (including phenoxy) is 1. The average Bonchev–Trinajstić information content (AvgIpc) is 1.96. The van der Waals surface area contributed by atoms with E-state index in [0.29, 0.717) is 0 Å². The Balaban J connectivity index is 3.09. The Bertz CT molecular complexity index is 354. The van der Waals surface area contributed by atoms with Crippen molar-refractivity contribution in [2.24, 2.45) is 0 Å². The van der Waals surface area contributed by atoms with Gasteiger partial charge < -0.3 is 15.6 Å². The fraction of sp³-hybridized carbons (Fsp3) is 0.143. The fourth-order valence-corrected chi connectivity index (χ4v) is 1.11. The first kappa shape index (κ1) is 11.0. The molecule has 0 spiro atoms. The fourth-order valence-electron chi connectivity index (χ4n) is 0.803. The zero-order valence-corrected chi connectivity index (χ0v) is 8.19. The molecule has 0 bridgehead atoms. The van der Waals surface area contributed by atoms with Crippen LogP contribution in [0.2, 0.25) is 0 Å². The number of hydrogen-bond donors (Lipinski definition) is 2. The van der Waals surface area contributed by atoms with Gasteiger partial charge in [-0.05, 0) is 15.9 Å². The summed E-state index contributed by atoms with van der Waals surface area (Å²) in [6.45, 7) is 0. The maximum absolute atomic E-state index is 11.8. The molecular weight excluding hydrogens is 267 g/mol. The molecule has 14 heavy (non-hydrogen) atoms. The summed E-state index contributed by atoms with van der Waals surface area (Å²) >= 11 is 2.81. The maximum atomic E-state index is 11.8. The van der Waals surface area contributed by atoms with Gasteiger partial charge in [0.05, 0.1) is 10.2 Å². The van der Waals surface area contributed by atoms with E-state index in [1.165, 1.54) is 0 Å². The van der Waals surface area contributed by atoms with Crippen LogP contribution in [-0.2, 0) is 0 Å². The van der Waals surface area contributed by atoms with Crippen molar-refractivity contribution in [2.75, 3.05) is 5.73 Å². The summed E-state index contributed by atoms with van der Waals surface area (Å²) in [6, 6.07) is 1.92. The van der Waals surface area contributed by atoms with Gasteiger partial charge in [0, 0.05) is 12.1 Å². The Kier molecular flexibility index (Phi) is 2.79. The van der Waals surface area contributed by atoms with Crippen molar-refractivity contribution in [3.63, 3.8) is 0 Å². The Morgan fingerprint density at radius 1 is 1.36 bits per heavy atom. The second kappa shape index (κ2) is 3.56. The van der Waals surface area contributed by atoms with Crippen molar-refractivity contribution in [3.8, 4) is 11.5 Å². The molecule has 0 fully saturated rings. The van der Waals surface area contributed by atoms with Gasteiger partial charge in [-0.15, -0.1) is 13.2 Å². The van der Waals surface area contributed by atoms with E-state index in [0.717, 1.165) is 12.1 Å². The third-order valence-corrected chi connectivity index (χ3v) is 2.13. The lowest BCUT2D eigenvalue weighted by atomic mass is 10.3. The molecule has 3 N–H and O–H groups in total. The molecule has 1 aromatic carbocycles. The third kappa shape index (κ3) is 2.69. The molecule has 78 valence electrons. The Labute approximate surface area is 85.4 Å². The molecule has 0 aliphatic heterocycles. The minimum absolute atomic E-state index is 0.0377. The molecule has 0 unspecified atom stereocenters. The minimum Gasteiger partial charge on any atom is -0.508 e. The van der Waals surface area contributed by atoms with Crippen LogP contribution in [-0.4, -0.2) is 11.5 Å². The monoisotopic (exact) mass is 271 g/mol. The predicted molar refractivity (Wildman–Crippen MR) is 46.9 cm³/mol. The van der Waals surface area contributed by atoms with Crippen LogP contribution in [0.4, 0.5) is 18.9 Å². The van der Waals surface area contributed by atoms with Crippen molar-refractivity contribution in [1.29, 1.82) is 0 Å². The van der Waals surface area contributed by atoms with E-state index < -0.39 is 17.9 Å². The molecule has 7 heteroatoms. The second-order valence-corrected chi connectivity index (χ2v) is 3.19. The van der Waals surface area contributed by atoms with Crippen LogP contribution < -0.4 is 10.5 Å². The van der Waals surface area contributed by atoms with E-state index in [1.54, 1.807) is 0 Å². The number of phenolic OH excluding ortho intramolecular Hbond substituents is 1. The Hall–Kier alpha value is -1.11. The number of hydrogen-bond acceptors (Lipinski definition) is 3. The highest BCUT2D eigenvalue weighted by Crippen LogP contribution is 2.37. The van der Waals surface area contributed by atoms with Gasteiger partial charge >= 0.3 is 6.36 Å². The number of nitrogen functional groups attached to an aromatic ring is 1. The van der Waals surface area contributed by atoms with Crippen molar-refractivity contribution in [1.82, 2.24) is 0 Å². The van der Waals surface area contributed by atoms with E-state index in [4.69, 9.17) is 10.8 Å². The molecular formula is C7H5BrF3NO2. The summed E-state index contributed by atoms with van der Waals surface area (Å²) in [6.07, 6.45) is -4.82. The van der Waals surface area contributed by atoms with E-state index in [-0.39, 0.29) is 10.2 Å². The highest BCUT2D eigenvalue weighted by Gasteiger charge is 2.32. The number of phenols is 1. The second-order valence-electron chi connectivity index (χ2n) is 2.39. The number of nitrogens with two attached hydrogens (primary N) is 1. The average molecular weight is 272 g/mol. The molecule has 0 saturated heterocycles. The van der Waals surface area contributed by atoms with Crippen LogP contribution in [0.15, 0.2) is 16.6 Å². The number of aromatic hydroxyl groups is 1. The zero-order valence-electron chi connectivity index (χ0n) is 6.60. The number of halogens is 4. The van der Waals surface area contributed by atoms with Crippen LogP contribution in [0.1, 0.15) is 0 Å². The molecule has 0 amide bonds. The van der Waals surface area contributed by atoms with Gasteiger partial charge in [0.2, 0.25) is 0 Å². The van der Waals surface area contributed by atoms with Crippen molar-refractivity contribution in [2.45, 2.75) is 6.36 Å². The van der Waals surface area contributed by atoms with E-state index in [1.807, 2.05) is 0 Å². The van der Waals surface area contributed by atoms with Crippen LogP contribution in [0, 0.1) is 0 Å². The first-order valence-electron chi connectivity index (χ1n) is 3.33. The quantitative estimate of drug-likeness (QED) is 0.772. The summed E-state index contributed by atoms with van der Waals surface area (Å²) in [5, 5.41) is 8.97.